The Hall–Kier alpha value is -4.07. The van der Waals surface area contributed by atoms with Gasteiger partial charge in [0.2, 0.25) is 0 Å². The van der Waals surface area contributed by atoms with Crippen molar-refractivity contribution in [2.24, 2.45) is 0 Å². The van der Waals surface area contributed by atoms with E-state index in [1.165, 1.54) is 18.4 Å². The number of nitrogens with one attached hydrogen (secondary N) is 1. The zero-order chi connectivity index (χ0) is 21.2. The molecule has 1 heterocycles. The molecule has 3 aromatic rings. The van der Waals surface area contributed by atoms with E-state index in [4.69, 9.17) is 18.6 Å². The molecule has 0 saturated heterocycles. The van der Waals surface area contributed by atoms with E-state index < -0.39 is 24.4 Å². The highest BCUT2D eigenvalue weighted by atomic mass is 16.6. The van der Waals surface area contributed by atoms with Gasteiger partial charge in [0.15, 0.2) is 19.0 Å². The summed E-state index contributed by atoms with van der Waals surface area (Å²) in [6.07, 6.45) is 1.30. The Morgan fingerprint density at radius 2 is 1.50 bits per heavy atom. The standard InChI is InChI=1S/C22H19NO7/c24-20(23-22(26)19-7-4-12-27-19)14-30-21(25)15-29-18-10-8-17(9-11-18)28-13-16-5-2-1-3-6-16/h1-12H,13-15H2,(H,23,24,26). The SMILES string of the molecule is O=C(COC(=O)COc1ccc(OCc2ccccc2)cc1)NC(=O)c1ccco1. The lowest BCUT2D eigenvalue weighted by atomic mass is 10.2. The fourth-order valence-electron chi connectivity index (χ4n) is 2.34. The maximum atomic E-state index is 11.7. The van der Waals surface area contributed by atoms with Crippen LogP contribution in [0.25, 0.3) is 0 Å². The second kappa shape index (κ2) is 10.5. The predicted molar refractivity (Wildman–Crippen MR) is 105 cm³/mol. The third-order valence-electron chi connectivity index (χ3n) is 3.79. The topological polar surface area (TPSA) is 104 Å². The average molecular weight is 409 g/mol. The van der Waals surface area contributed by atoms with Gasteiger partial charge in [0.1, 0.15) is 18.1 Å². The number of amides is 2. The third-order valence-corrected chi connectivity index (χ3v) is 3.79. The molecule has 1 N–H and O–H groups in total. The molecular weight excluding hydrogens is 390 g/mol. The van der Waals surface area contributed by atoms with Crippen molar-refractivity contribution in [3.63, 3.8) is 0 Å². The van der Waals surface area contributed by atoms with Crippen LogP contribution >= 0.6 is 0 Å². The number of esters is 1. The van der Waals surface area contributed by atoms with Crippen LogP contribution in [-0.2, 0) is 20.9 Å². The molecule has 30 heavy (non-hydrogen) atoms. The lowest BCUT2D eigenvalue weighted by molar-refractivity contribution is -0.150. The van der Waals surface area contributed by atoms with Crippen molar-refractivity contribution in [2.45, 2.75) is 6.61 Å². The first-order chi connectivity index (χ1) is 14.6. The molecule has 8 nitrogen and oxygen atoms in total. The minimum Gasteiger partial charge on any atom is -0.489 e. The van der Waals surface area contributed by atoms with E-state index in [9.17, 15) is 14.4 Å². The van der Waals surface area contributed by atoms with E-state index in [0.29, 0.717) is 18.1 Å². The molecule has 1 aromatic heterocycles. The van der Waals surface area contributed by atoms with Crippen LogP contribution in [0, 0.1) is 0 Å². The normalized spacial score (nSPS) is 10.1. The summed E-state index contributed by atoms with van der Waals surface area (Å²) in [6.45, 7) is -0.553. The number of imide groups is 1. The van der Waals surface area contributed by atoms with Gasteiger partial charge in [-0.3, -0.25) is 14.9 Å². The molecule has 8 heteroatoms. The molecule has 0 spiro atoms. The highest BCUT2D eigenvalue weighted by molar-refractivity contribution is 6.03. The molecular formula is C22H19NO7. The predicted octanol–water partition coefficient (Wildman–Crippen LogP) is 2.74. The largest absolute Gasteiger partial charge is 0.489 e. The highest BCUT2D eigenvalue weighted by Gasteiger charge is 2.14. The van der Waals surface area contributed by atoms with Gasteiger partial charge in [-0.25, -0.2) is 4.79 Å². The minimum absolute atomic E-state index is 0.0193. The molecule has 0 saturated carbocycles. The first-order valence-corrected chi connectivity index (χ1v) is 9.03. The summed E-state index contributed by atoms with van der Waals surface area (Å²) in [5.41, 5.74) is 1.05. The third kappa shape index (κ3) is 6.52. The van der Waals surface area contributed by atoms with E-state index in [0.717, 1.165) is 5.56 Å². The van der Waals surface area contributed by atoms with Gasteiger partial charge >= 0.3 is 5.97 Å². The Kier molecular flexibility index (Phi) is 7.21. The van der Waals surface area contributed by atoms with Crippen molar-refractivity contribution >= 4 is 17.8 Å². The van der Waals surface area contributed by atoms with Crippen LogP contribution in [0.2, 0.25) is 0 Å². The van der Waals surface area contributed by atoms with Crippen molar-refractivity contribution < 1.29 is 33.0 Å². The molecule has 2 amide bonds. The lowest BCUT2D eigenvalue weighted by Gasteiger charge is -2.09. The van der Waals surface area contributed by atoms with Gasteiger partial charge in [-0.05, 0) is 42.0 Å². The Morgan fingerprint density at radius 1 is 0.800 bits per heavy atom. The van der Waals surface area contributed by atoms with Crippen molar-refractivity contribution in [3.8, 4) is 11.5 Å². The van der Waals surface area contributed by atoms with E-state index >= 15 is 0 Å². The number of hydrogen-bond acceptors (Lipinski definition) is 7. The summed E-state index contributed by atoms with van der Waals surface area (Å²) in [4.78, 5) is 35.0. The van der Waals surface area contributed by atoms with E-state index in [1.807, 2.05) is 35.6 Å². The Bertz CT molecular complexity index is 966. The van der Waals surface area contributed by atoms with Crippen molar-refractivity contribution in [1.29, 1.82) is 0 Å². The van der Waals surface area contributed by atoms with Gasteiger partial charge in [0.05, 0.1) is 6.26 Å². The summed E-state index contributed by atoms with van der Waals surface area (Å²) in [7, 11) is 0. The average Bonchev–Trinajstić information content (AvgIpc) is 3.31. The monoisotopic (exact) mass is 409 g/mol. The summed E-state index contributed by atoms with van der Waals surface area (Å²) in [5.74, 6) is -1.16. The van der Waals surface area contributed by atoms with Crippen LogP contribution in [0.4, 0.5) is 0 Å². The summed E-state index contributed by atoms with van der Waals surface area (Å²) in [5, 5.41) is 2.04. The maximum absolute atomic E-state index is 11.7. The molecule has 0 aliphatic carbocycles. The number of rotatable bonds is 9. The number of hydrogen-bond donors (Lipinski definition) is 1. The van der Waals surface area contributed by atoms with Crippen LogP contribution < -0.4 is 14.8 Å². The Balaban J connectivity index is 1.35. The number of benzene rings is 2. The minimum atomic E-state index is -0.773. The number of carbonyl (C=O) groups is 3. The zero-order valence-corrected chi connectivity index (χ0v) is 15.9. The molecule has 0 fully saturated rings. The maximum Gasteiger partial charge on any atom is 0.344 e. The zero-order valence-electron chi connectivity index (χ0n) is 15.9. The molecule has 0 bridgehead atoms. The first-order valence-electron chi connectivity index (χ1n) is 9.03. The van der Waals surface area contributed by atoms with Crippen LogP contribution in [0.5, 0.6) is 11.5 Å². The summed E-state index contributed by atoms with van der Waals surface area (Å²) < 4.78 is 20.6. The van der Waals surface area contributed by atoms with Crippen molar-refractivity contribution in [1.82, 2.24) is 5.32 Å². The van der Waals surface area contributed by atoms with Gasteiger partial charge in [0.25, 0.3) is 11.8 Å². The molecule has 0 unspecified atom stereocenters. The second-order valence-corrected chi connectivity index (χ2v) is 6.05. The summed E-state index contributed by atoms with van der Waals surface area (Å²) >= 11 is 0. The smallest absolute Gasteiger partial charge is 0.344 e. The van der Waals surface area contributed by atoms with Crippen LogP contribution in [-0.4, -0.2) is 31.0 Å². The van der Waals surface area contributed by atoms with Gasteiger partial charge in [-0.2, -0.15) is 0 Å². The molecule has 0 atom stereocenters. The van der Waals surface area contributed by atoms with Crippen molar-refractivity contribution in [3.05, 3.63) is 84.3 Å². The molecule has 2 aromatic carbocycles. The van der Waals surface area contributed by atoms with Gasteiger partial charge in [-0.15, -0.1) is 0 Å². The number of carbonyl (C=O) groups excluding carboxylic acids is 3. The first kappa shape index (κ1) is 20.7. The molecule has 0 aliphatic heterocycles. The Labute approximate surface area is 172 Å². The van der Waals surface area contributed by atoms with Crippen LogP contribution in [0.15, 0.2) is 77.4 Å². The van der Waals surface area contributed by atoms with Crippen LogP contribution in [0.1, 0.15) is 16.1 Å². The Morgan fingerprint density at radius 3 is 2.17 bits per heavy atom. The van der Waals surface area contributed by atoms with E-state index in [2.05, 4.69) is 0 Å². The fourth-order valence-corrected chi connectivity index (χ4v) is 2.34. The number of ether oxygens (including phenoxy) is 3. The van der Waals surface area contributed by atoms with Crippen molar-refractivity contribution in [2.75, 3.05) is 13.2 Å². The lowest BCUT2D eigenvalue weighted by Crippen LogP contribution is -2.34. The van der Waals surface area contributed by atoms with E-state index in [-0.39, 0.29) is 12.4 Å². The number of furan rings is 1. The van der Waals surface area contributed by atoms with Gasteiger partial charge < -0.3 is 18.6 Å². The van der Waals surface area contributed by atoms with Gasteiger partial charge in [0, 0.05) is 0 Å². The molecule has 3 rings (SSSR count). The highest BCUT2D eigenvalue weighted by Crippen LogP contribution is 2.18. The van der Waals surface area contributed by atoms with E-state index in [1.54, 1.807) is 24.3 Å². The molecule has 0 aliphatic rings. The molecule has 154 valence electrons. The quantitative estimate of drug-likeness (QED) is 0.542. The van der Waals surface area contributed by atoms with Gasteiger partial charge in [-0.1, -0.05) is 30.3 Å². The second-order valence-electron chi connectivity index (χ2n) is 6.05. The van der Waals surface area contributed by atoms with Crippen LogP contribution in [0.3, 0.4) is 0 Å². The summed E-state index contributed by atoms with van der Waals surface area (Å²) in [6, 6.07) is 19.4. The molecule has 0 radical (unpaired) electrons. The fraction of sp³-hybridized carbons (Fsp3) is 0.136.